The van der Waals surface area contributed by atoms with Gasteiger partial charge in [0.2, 0.25) is 18.8 Å². The molecule has 1 atom stereocenters. The van der Waals surface area contributed by atoms with Crippen LogP contribution >= 0.6 is 7.37 Å². The lowest BCUT2D eigenvalue weighted by Gasteiger charge is -2.31. The minimum atomic E-state index is -3.42. The van der Waals surface area contributed by atoms with E-state index in [9.17, 15) is 23.7 Å². The summed E-state index contributed by atoms with van der Waals surface area (Å²) in [6.07, 6.45) is -0.888. The van der Waals surface area contributed by atoms with Crippen LogP contribution in [0.4, 0.5) is 0 Å². The van der Waals surface area contributed by atoms with Crippen LogP contribution in [0.15, 0.2) is 0 Å². The Balaban J connectivity index is 5.72. The van der Waals surface area contributed by atoms with Crippen molar-refractivity contribution in [3.63, 3.8) is 0 Å². The normalized spacial score (nSPS) is 13.1. The quantitative estimate of drug-likeness (QED) is 0.186. The minimum Gasteiger partial charge on any atom is -0.466 e. The standard InChI is InChI=1S/C18H32NO9P/c1-6-25-15(21)10-12-29(24,28-9-4)13-11-18(19-14(5)20,16(22)26-7-2)17(23)27-8-3/h6-13H2,1-5H3,(H,19,20). The lowest BCUT2D eigenvalue weighted by Crippen LogP contribution is -2.61. The monoisotopic (exact) mass is 437 g/mol. The van der Waals surface area contributed by atoms with Crippen molar-refractivity contribution in [3.05, 3.63) is 0 Å². The van der Waals surface area contributed by atoms with Crippen LogP contribution in [0.2, 0.25) is 0 Å². The Morgan fingerprint density at radius 3 is 1.76 bits per heavy atom. The second-order valence-corrected chi connectivity index (χ2v) is 8.79. The van der Waals surface area contributed by atoms with Crippen molar-refractivity contribution < 1.29 is 42.5 Å². The highest BCUT2D eigenvalue weighted by Gasteiger charge is 2.51. The topological polar surface area (TPSA) is 134 Å². The zero-order chi connectivity index (χ0) is 22.5. The van der Waals surface area contributed by atoms with E-state index in [1.165, 1.54) is 0 Å². The predicted molar refractivity (Wildman–Crippen MR) is 105 cm³/mol. The van der Waals surface area contributed by atoms with E-state index in [0.29, 0.717) is 0 Å². The maximum Gasteiger partial charge on any atom is 0.343 e. The van der Waals surface area contributed by atoms with Crippen molar-refractivity contribution in [2.45, 2.75) is 53.0 Å². The Hall–Kier alpha value is -1.93. The molecule has 0 fully saturated rings. The van der Waals surface area contributed by atoms with Gasteiger partial charge in [-0.1, -0.05) is 0 Å². The number of rotatable bonds is 14. The zero-order valence-electron chi connectivity index (χ0n) is 17.8. The van der Waals surface area contributed by atoms with Gasteiger partial charge in [-0.25, -0.2) is 9.59 Å². The first-order chi connectivity index (χ1) is 13.6. The molecule has 0 aromatic rings. The van der Waals surface area contributed by atoms with Gasteiger partial charge >= 0.3 is 17.9 Å². The van der Waals surface area contributed by atoms with E-state index in [-0.39, 0.29) is 51.6 Å². The van der Waals surface area contributed by atoms with E-state index < -0.39 is 36.7 Å². The summed E-state index contributed by atoms with van der Waals surface area (Å²) >= 11 is 0. The first-order valence-electron chi connectivity index (χ1n) is 9.62. The Bertz CT molecular complexity index is 602. The Labute approximate surface area is 171 Å². The van der Waals surface area contributed by atoms with Gasteiger partial charge in [0.1, 0.15) is 0 Å². The molecule has 0 rings (SSSR count). The van der Waals surface area contributed by atoms with Crippen LogP contribution in [0.3, 0.4) is 0 Å². The van der Waals surface area contributed by atoms with Crippen LogP contribution in [0.5, 0.6) is 0 Å². The molecule has 10 nitrogen and oxygen atoms in total. The lowest BCUT2D eigenvalue weighted by molar-refractivity contribution is -0.168. The van der Waals surface area contributed by atoms with Crippen molar-refractivity contribution in [2.75, 3.05) is 38.8 Å². The summed E-state index contributed by atoms with van der Waals surface area (Å²) in [6, 6.07) is 0. The molecule has 29 heavy (non-hydrogen) atoms. The van der Waals surface area contributed by atoms with Crippen LogP contribution in [0.1, 0.15) is 47.5 Å². The molecule has 0 aliphatic heterocycles. The second-order valence-electron chi connectivity index (χ2n) is 6.01. The Morgan fingerprint density at radius 1 is 0.828 bits per heavy atom. The van der Waals surface area contributed by atoms with Gasteiger partial charge in [0.25, 0.3) is 0 Å². The number of carbonyl (C=O) groups excluding carboxylic acids is 4. The summed E-state index contributed by atoms with van der Waals surface area (Å²) in [5.74, 6) is -3.22. The lowest BCUT2D eigenvalue weighted by atomic mass is 9.96. The van der Waals surface area contributed by atoms with Crippen molar-refractivity contribution in [3.8, 4) is 0 Å². The fourth-order valence-electron chi connectivity index (χ4n) is 2.57. The Morgan fingerprint density at radius 2 is 1.34 bits per heavy atom. The van der Waals surface area contributed by atoms with Gasteiger partial charge in [0.05, 0.1) is 32.8 Å². The minimum absolute atomic E-state index is 0.0362. The molecule has 0 aliphatic rings. The molecular weight excluding hydrogens is 405 g/mol. The molecule has 0 aromatic carbocycles. The number of esters is 3. The van der Waals surface area contributed by atoms with Gasteiger partial charge in [-0.05, 0) is 27.7 Å². The SMILES string of the molecule is CCOC(=O)CCP(=O)(CCC(NC(C)=O)(C(=O)OCC)C(=O)OCC)OCC. The molecule has 0 radical (unpaired) electrons. The van der Waals surface area contributed by atoms with E-state index in [4.69, 9.17) is 18.7 Å². The van der Waals surface area contributed by atoms with E-state index in [1.54, 1.807) is 27.7 Å². The first kappa shape index (κ1) is 27.1. The summed E-state index contributed by atoms with van der Waals surface area (Å²) in [7, 11) is -3.42. The molecule has 0 aromatic heterocycles. The third-order valence-electron chi connectivity index (χ3n) is 3.79. The van der Waals surface area contributed by atoms with Gasteiger partial charge in [-0.2, -0.15) is 0 Å². The molecule has 0 aliphatic carbocycles. The van der Waals surface area contributed by atoms with Crippen LogP contribution in [0, 0.1) is 0 Å². The maximum atomic E-state index is 13.2. The largest absolute Gasteiger partial charge is 0.466 e. The molecule has 0 spiro atoms. The third-order valence-corrected chi connectivity index (χ3v) is 6.33. The van der Waals surface area contributed by atoms with Gasteiger partial charge in [-0.3, -0.25) is 14.2 Å². The van der Waals surface area contributed by atoms with Crippen molar-refractivity contribution in [1.82, 2.24) is 5.32 Å². The summed E-state index contributed by atoms with van der Waals surface area (Å²) in [5, 5.41) is 2.31. The molecule has 1 unspecified atom stereocenters. The average molecular weight is 437 g/mol. The molecule has 11 heteroatoms. The van der Waals surface area contributed by atoms with E-state index in [2.05, 4.69) is 5.32 Å². The first-order valence-corrected chi connectivity index (χ1v) is 11.6. The van der Waals surface area contributed by atoms with Gasteiger partial charge in [0.15, 0.2) is 0 Å². The van der Waals surface area contributed by atoms with Crippen molar-refractivity contribution in [1.29, 1.82) is 0 Å². The van der Waals surface area contributed by atoms with Crippen LogP contribution in [0.25, 0.3) is 0 Å². The molecule has 0 saturated heterocycles. The highest BCUT2D eigenvalue weighted by molar-refractivity contribution is 7.59. The van der Waals surface area contributed by atoms with Crippen molar-refractivity contribution in [2.24, 2.45) is 0 Å². The molecule has 0 bridgehead atoms. The summed E-state index contributed by atoms with van der Waals surface area (Å²) in [6.45, 7) is 7.74. The van der Waals surface area contributed by atoms with Gasteiger partial charge in [0, 0.05) is 25.7 Å². The highest BCUT2D eigenvalue weighted by Crippen LogP contribution is 2.49. The molecule has 0 saturated carbocycles. The average Bonchev–Trinajstić information content (AvgIpc) is 2.64. The van der Waals surface area contributed by atoms with Gasteiger partial charge < -0.3 is 24.1 Å². The van der Waals surface area contributed by atoms with E-state index >= 15 is 0 Å². The second kappa shape index (κ2) is 13.3. The smallest absolute Gasteiger partial charge is 0.343 e. The number of nitrogens with one attached hydrogen (secondary N) is 1. The molecule has 1 amide bonds. The zero-order valence-corrected chi connectivity index (χ0v) is 18.7. The fourth-order valence-corrected chi connectivity index (χ4v) is 4.72. The number of hydrogen-bond donors (Lipinski definition) is 1. The number of amides is 1. The summed E-state index contributed by atoms with van der Waals surface area (Å²) < 4.78 is 33.3. The molecule has 1 N–H and O–H groups in total. The molecular formula is C18H32NO9P. The number of carbonyl (C=O) groups is 4. The van der Waals surface area contributed by atoms with E-state index in [0.717, 1.165) is 6.92 Å². The predicted octanol–water partition coefficient (Wildman–Crippen LogP) is 1.65. The maximum absolute atomic E-state index is 13.2. The van der Waals surface area contributed by atoms with Crippen molar-refractivity contribution >= 4 is 31.2 Å². The summed E-state index contributed by atoms with van der Waals surface area (Å²) in [5.41, 5.74) is -2.16. The summed E-state index contributed by atoms with van der Waals surface area (Å²) in [4.78, 5) is 48.6. The van der Waals surface area contributed by atoms with Crippen LogP contribution in [-0.4, -0.2) is 68.1 Å². The van der Waals surface area contributed by atoms with Crippen LogP contribution < -0.4 is 5.32 Å². The number of hydrogen-bond acceptors (Lipinski definition) is 9. The fraction of sp³-hybridized carbons (Fsp3) is 0.778. The number of ether oxygens (including phenoxy) is 3. The third kappa shape index (κ3) is 8.95. The Kier molecular flexibility index (Phi) is 12.4. The van der Waals surface area contributed by atoms with E-state index in [1.807, 2.05) is 0 Å². The molecule has 0 heterocycles. The molecule has 168 valence electrons. The highest BCUT2D eigenvalue weighted by atomic mass is 31.2. The van der Waals surface area contributed by atoms with Gasteiger partial charge in [-0.15, -0.1) is 0 Å². The van der Waals surface area contributed by atoms with Crippen LogP contribution in [-0.2, 0) is 42.5 Å².